The Kier molecular flexibility index (Phi) is 6.46. The summed E-state index contributed by atoms with van der Waals surface area (Å²) in [6.07, 6.45) is -3.65. The van der Waals surface area contributed by atoms with Crippen molar-refractivity contribution in [1.29, 1.82) is 0 Å². The molecular formula is C16H22F3N3. The standard InChI is InChI=1S/C16H22F3N3/c1-11(2)10-22-15(20)21-8-7-12(3)13-5-4-6-14(9-13)16(17,18)19/h4-6,9,12H,1,7-8,10H2,2-3H3,(H3,20,21,22). The third-order valence-corrected chi connectivity index (χ3v) is 3.19. The highest BCUT2D eigenvalue weighted by Crippen LogP contribution is 2.31. The molecule has 6 heteroatoms. The number of rotatable bonds is 6. The van der Waals surface area contributed by atoms with Crippen LogP contribution in [-0.4, -0.2) is 19.0 Å². The molecule has 3 nitrogen and oxygen atoms in total. The lowest BCUT2D eigenvalue weighted by Gasteiger charge is -2.15. The molecule has 0 aliphatic heterocycles. The monoisotopic (exact) mass is 313 g/mol. The second-order valence-corrected chi connectivity index (χ2v) is 5.40. The molecule has 122 valence electrons. The number of nitrogens with one attached hydrogen (secondary N) is 1. The van der Waals surface area contributed by atoms with Crippen molar-refractivity contribution in [3.05, 3.63) is 47.5 Å². The molecule has 0 aliphatic carbocycles. The fraction of sp³-hybridized carbons (Fsp3) is 0.438. The number of guanidine groups is 1. The molecule has 0 saturated carbocycles. The third-order valence-electron chi connectivity index (χ3n) is 3.19. The summed E-state index contributed by atoms with van der Waals surface area (Å²) in [5, 5.41) is 2.95. The van der Waals surface area contributed by atoms with Gasteiger partial charge in [0.1, 0.15) is 0 Å². The van der Waals surface area contributed by atoms with Crippen LogP contribution in [0, 0.1) is 0 Å². The Morgan fingerprint density at radius 1 is 1.41 bits per heavy atom. The number of hydrogen-bond acceptors (Lipinski definition) is 1. The molecule has 0 spiro atoms. The van der Waals surface area contributed by atoms with Crippen LogP contribution < -0.4 is 11.1 Å². The molecule has 0 amide bonds. The van der Waals surface area contributed by atoms with Crippen molar-refractivity contribution >= 4 is 5.96 Å². The molecule has 0 heterocycles. The summed E-state index contributed by atoms with van der Waals surface area (Å²) in [5.41, 5.74) is 6.62. The van der Waals surface area contributed by atoms with E-state index in [0.29, 0.717) is 31.0 Å². The van der Waals surface area contributed by atoms with Gasteiger partial charge in [-0.3, -0.25) is 0 Å². The second kappa shape index (κ2) is 7.87. The van der Waals surface area contributed by atoms with E-state index in [9.17, 15) is 13.2 Å². The molecule has 3 N–H and O–H groups in total. The Labute approximate surface area is 129 Å². The summed E-state index contributed by atoms with van der Waals surface area (Å²) in [7, 11) is 0. The molecule has 0 aromatic heterocycles. The SMILES string of the molecule is C=C(C)CN=C(N)NCCC(C)c1cccc(C(F)(F)F)c1. The maximum absolute atomic E-state index is 12.7. The Morgan fingerprint density at radius 2 is 2.09 bits per heavy atom. The smallest absolute Gasteiger partial charge is 0.370 e. The first-order chi connectivity index (χ1) is 10.2. The second-order valence-electron chi connectivity index (χ2n) is 5.40. The number of nitrogens with zero attached hydrogens (tertiary/aromatic N) is 1. The highest BCUT2D eigenvalue weighted by Gasteiger charge is 2.30. The van der Waals surface area contributed by atoms with Gasteiger partial charge in [0.05, 0.1) is 12.1 Å². The van der Waals surface area contributed by atoms with E-state index in [2.05, 4.69) is 16.9 Å². The van der Waals surface area contributed by atoms with Crippen LogP contribution in [0.3, 0.4) is 0 Å². The molecule has 1 rings (SSSR count). The largest absolute Gasteiger partial charge is 0.416 e. The Morgan fingerprint density at radius 3 is 2.68 bits per heavy atom. The number of aliphatic imine (C=N–C) groups is 1. The molecule has 22 heavy (non-hydrogen) atoms. The highest BCUT2D eigenvalue weighted by atomic mass is 19.4. The van der Waals surface area contributed by atoms with Gasteiger partial charge in [0, 0.05) is 6.54 Å². The van der Waals surface area contributed by atoms with Crippen molar-refractivity contribution < 1.29 is 13.2 Å². The maximum atomic E-state index is 12.7. The number of halogens is 3. The van der Waals surface area contributed by atoms with E-state index >= 15 is 0 Å². The van der Waals surface area contributed by atoms with Gasteiger partial charge in [-0.05, 0) is 30.9 Å². The summed E-state index contributed by atoms with van der Waals surface area (Å²) in [6, 6.07) is 5.42. The van der Waals surface area contributed by atoms with Crippen molar-refractivity contribution in [3.63, 3.8) is 0 Å². The minimum atomic E-state index is -4.31. The van der Waals surface area contributed by atoms with Crippen LogP contribution in [0.15, 0.2) is 41.4 Å². The van der Waals surface area contributed by atoms with Gasteiger partial charge in [0.25, 0.3) is 0 Å². The summed E-state index contributed by atoms with van der Waals surface area (Å²) in [5.74, 6) is 0.308. The molecular weight excluding hydrogens is 291 g/mol. The predicted octanol–water partition coefficient (Wildman–Crippen LogP) is 3.68. The van der Waals surface area contributed by atoms with Gasteiger partial charge in [-0.1, -0.05) is 37.3 Å². The van der Waals surface area contributed by atoms with Gasteiger partial charge in [-0.15, -0.1) is 0 Å². The summed E-state index contributed by atoms with van der Waals surface area (Å²) < 4.78 is 38.1. The van der Waals surface area contributed by atoms with E-state index in [1.807, 2.05) is 13.8 Å². The molecule has 0 fully saturated rings. The molecule has 0 bridgehead atoms. The first-order valence-corrected chi connectivity index (χ1v) is 7.05. The van der Waals surface area contributed by atoms with Crippen molar-refractivity contribution in [1.82, 2.24) is 5.32 Å². The minimum Gasteiger partial charge on any atom is -0.370 e. The molecule has 1 aromatic rings. The Balaban J connectivity index is 2.54. The van der Waals surface area contributed by atoms with Gasteiger partial charge < -0.3 is 11.1 Å². The van der Waals surface area contributed by atoms with Crippen LogP contribution in [0.2, 0.25) is 0 Å². The fourth-order valence-electron chi connectivity index (χ4n) is 1.88. The summed E-state index contributed by atoms with van der Waals surface area (Å²) in [6.45, 7) is 8.47. The van der Waals surface area contributed by atoms with Gasteiger partial charge >= 0.3 is 6.18 Å². The Hall–Kier alpha value is -1.98. The number of alkyl halides is 3. The normalized spacial score (nSPS) is 13.8. The van der Waals surface area contributed by atoms with Crippen LogP contribution in [-0.2, 0) is 6.18 Å². The van der Waals surface area contributed by atoms with E-state index in [4.69, 9.17) is 5.73 Å². The van der Waals surface area contributed by atoms with Crippen LogP contribution in [0.1, 0.15) is 37.3 Å². The van der Waals surface area contributed by atoms with Crippen molar-refractivity contribution in [3.8, 4) is 0 Å². The quantitative estimate of drug-likeness (QED) is 0.478. The van der Waals surface area contributed by atoms with Crippen LogP contribution >= 0.6 is 0 Å². The average Bonchev–Trinajstić information content (AvgIpc) is 2.44. The maximum Gasteiger partial charge on any atom is 0.416 e. The first kappa shape index (κ1) is 18.1. The number of hydrogen-bond donors (Lipinski definition) is 2. The van der Waals surface area contributed by atoms with Crippen molar-refractivity contribution in [2.75, 3.05) is 13.1 Å². The zero-order valence-electron chi connectivity index (χ0n) is 12.9. The van der Waals surface area contributed by atoms with Crippen molar-refractivity contribution in [2.24, 2.45) is 10.7 Å². The van der Waals surface area contributed by atoms with E-state index in [1.54, 1.807) is 6.07 Å². The highest BCUT2D eigenvalue weighted by molar-refractivity contribution is 5.77. The zero-order chi connectivity index (χ0) is 16.8. The van der Waals surface area contributed by atoms with Crippen LogP contribution in [0.5, 0.6) is 0 Å². The van der Waals surface area contributed by atoms with Crippen LogP contribution in [0.4, 0.5) is 13.2 Å². The van der Waals surface area contributed by atoms with E-state index in [0.717, 1.165) is 11.6 Å². The molecule has 0 radical (unpaired) electrons. The topological polar surface area (TPSA) is 50.4 Å². The van der Waals surface area contributed by atoms with Gasteiger partial charge in [-0.2, -0.15) is 13.2 Å². The minimum absolute atomic E-state index is 0.0104. The van der Waals surface area contributed by atoms with E-state index in [-0.39, 0.29) is 5.92 Å². The van der Waals surface area contributed by atoms with E-state index < -0.39 is 11.7 Å². The molecule has 0 saturated heterocycles. The molecule has 1 atom stereocenters. The zero-order valence-corrected chi connectivity index (χ0v) is 12.9. The lowest BCUT2D eigenvalue weighted by atomic mass is 9.96. The fourth-order valence-corrected chi connectivity index (χ4v) is 1.88. The first-order valence-electron chi connectivity index (χ1n) is 7.05. The van der Waals surface area contributed by atoms with Gasteiger partial charge in [0.2, 0.25) is 0 Å². The molecule has 1 aromatic carbocycles. The number of nitrogens with two attached hydrogens (primary N) is 1. The number of benzene rings is 1. The molecule has 0 aliphatic rings. The Bertz CT molecular complexity index is 536. The summed E-state index contributed by atoms with van der Waals surface area (Å²) >= 11 is 0. The third kappa shape index (κ3) is 6.20. The predicted molar refractivity (Wildman–Crippen MR) is 83.8 cm³/mol. The van der Waals surface area contributed by atoms with E-state index in [1.165, 1.54) is 12.1 Å². The van der Waals surface area contributed by atoms with Crippen LogP contribution in [0.25, 0.3) is 0 Å². The molecule has 1 unspecified atom stereocenters. The lowest BCUT2D eigenvalue weighted by molar-refractivity contribution is -0.137. The van der Waals surface area contributed by atoms with Gasteiger partial charge in [-0.25, -0.2) is 4.99 Å². The van der Waals surface area contributed by atoms with Crippen molar-refractivity contribution in [2.45, 2.75) is 32.4 Å². The van der Waals surface area contributed by atoms with Gasteiger partial charge in [0.15, 0.2) is 5.96 Å². The summed E-state index contributed by atoms with van der Waals surface area (Å²) in [4.78, 5) is 4.07. The lowest BCUT2D eigenvalue weighted by Crippen LogP contribution is -2.33. The average molecular weight is 313 g/mol.